The number of amides is 1. The van der Waals surface area contributed by atoms with Crippen molar-refractivity contribution in [2.24, 2.45) is 11.8 Å². The van der Waals surface area contributed by atoms with Gasteiger partial charge in [-0.1, -0.05) is 23.7 Å². The number of likely N-dealkylation sites (N-methyl/N-ethyl adjacent to an activating group) is 1. The molecule has 1 amide bonds. The average molecular weight is 510 g/mol. The van der Waals surface area contributed by atoms with Crippen molar-refractivity contribution in [1.82, 2.24) is 14.1 Å². The van der Waals surface area contributed by atoms with Gasteiger partial charge in [0.1, 0.15) is 11.5 Å². The van der Waals surface area contributed by atoms with E-state index in [9.17, 15) is 13.2 Å². The first-order valence-corrected chi connectivity index (χ1v) is 14.2. The molecular weight excluding hydrogens is 474 g/mol. The van der Waals surface area contributed by atoms with Gasteiger partial charge >= 0.3 is 0 Å². The molecule has 7 nitrogen and oxygen atoms in total. The lowest BCUT2D eigenvalue weighted by Gasteiger charge is -2.33. The Labute approximate surface area is 208 Å². The minimum absolute atomic E-state index is 0.0459. The van der Waals surface area contributed by atoms with Crippen LogP contribution in [-0.2, 0) is 19.6 Å². The zero-order valence-corrected chi connectivity index (χ0v) is 21.6. The summed E-state index contributed by atoms with van der Waals surface area (Å²) in [5, 5.41) is 0.203. The Kier molecular flexibility index (Phi) is 8.56. The lowest BCUT2D eigenvalue weighted by Crippen LogP contribution is -2.37. The number of fused-ring (bicyclic) bond motifs is 1. The van der Waals surface area contributed by atoms with E-state index in [4.69, 9.17) is 16.3 Å². The Hall–Kier alpha value is -1.61. The van der Waals surface area contributed by atoms with Gasteiger partial charge in [0, 0.05) is 26.3 Å². The smallest absolute Gasteiger partial charge is 0.265 e. The highest BCUT2D eigenvalue weighted by Gasteiger charge is 2.30. The first-order chi connectivity index (χ1) is 16.3. The fourth-order valence-electron chi connectivity index (χ4n) is 5.32. The van der Waals surface area contributed by atoms with E-state index in [1.54, 1.807) is 29.2 Å². The van der Waals surface area contributed by atoms with Gasteiger partial charge < -0.3 is 14.5 Å². The second kappa shape index (κ2) is 11.4. The van der Waals surface area contributed by atoms with E-state index in [1.165, 1.54) is 68.7 Å². The minimum atomic E-state index is -3.73. The molecule has 2 aliphatic heterocycles. The number of halogens is 1. The second-order valence-corrected chi connectivity index (χ2v) is 12.0. The molecule has 1 aromatic carbocycles. The fourth-order valence-corrected chi connectivity index (χ4v) is 7.32. The van der Waals surface area contributed by atoms with Crippen LogP contribution in [0, 0.1) is 11.8 Å². The summed E-state index contributed by atoms with van der Waals surface area (Å²) in [6.45, 7) is 4.74. The maximum absolute atomic E-state index is 12.9. The molecule has 0 aromatic heterocycles. The van der Waals surface area contributed by atoms with Crippen molar-refractivity contribution in [3.63, 3.8) is 0 Å². The van der Waals surface area contributed by atoms with Gasteiger partial charge in [0.25, 0.3) is 10.0 Å². The largest absolute Gasteiger partial charge is 0.370 e. The zero-order valence-electron chi connectivity index (χ0n) is 20.0. The fraction of sp³-hybridized carbons (Fsp3) is 0.640. The Morgan fingerprint density at radius 1 is 1.15 bits per heavy atom. The van der Waals surface area contributed by atoms with Crippen molar-refractivity contribution in [3.05, 3.63) is 35.0 Å². The van der Waals surface area contributed by atoms with E-state index < -0.39 is 10.0 Å². The summed E-state index contributed by atoms with van der Waals surface area (Å²) in [6, 6.07) is 5.01. The summed E-state index contributed by atoms with van der Waals surface area (Å²) in [6.07, 6.45) is 10.8. The molecule has 0 spiro atoms. The van der Waals surface area contributed by atoms with E-state index in [0.717, 1.165) is 12.5 Å². The highest BCUT2D eigenvalue weighted by Crippen LogP contribution is 2.33. The topological polar surface area (TPSA) is 70.2 Å². The third kappa shape index (κ3) is 6.14. The van der Waals surface area contributed by atoms with E-state index in [0.29, 0.717) is 11.5 Å². The normalized spacial score (nSPS) is 24.2. The van der Waals surface area contributed by atoms with Gasteiger partial charge in [-0.25, -0.2) is 8.42 Å². The quantitative estimate of drug-likeness (QED) is 0.475. The Bertz CT molecular complexity index is 986. The maximum Gasteiger partial charge on any atom is 0.265 e. The number of nitrogens with zero attached hydrogens (tertiary/aromatic N) is 3. The summed E-state index contributed by atoms with van der Waals surface area (Å²) >= 11 is 6.13. The molecule has 3 aliphatic rings. The molecule has 1 saturated carbocycles. The number of benzene rings is 1. The van der Waals surface area contributed by atoms with Crippen molar-refractivity contribution in [3.8, 4) is 0 Å². The molecule has 1 saturated heterocycles. The standard InChI is InChI=1S/C25H36ClN3O4S/c1-27(17-20-7-9-21(10-8-20)18-28-12-2-3-13-28)24(30)19-33-16-15-29-14-11-22-5-4-6-23(26)25(22)34(29,31)32/h4-6,11,14,20-21H,2-3,7-10,12-13,15-19H2,1H3. The Balaban J connectivity index is 1.15. The third-order valence-electron chi connectivity index (χ3n) is 7.31. The first kappa shape index (κ1) is 25.5. The van der Waals surface area contributed by atoms with Crippen molar-refractivity contribution in [2.45, 2.75) is 43.4 Å². The van der Waals surface area contributed by atoms with Gasteiger partial charge in [-0.15, -0.1) is 0 Å². The Morgan fingerprint density at radius 3 is 2.59 bits per heavy atom. The molecule has 4 rings (SSSR count). The summed E-state index contributed by atoms with van der Waals surface area (Å²) in [5.41, 5.74) is 0.576. The average Bonchev–Trinajstić information content (AvgIpc) is 3.32. The van der Waals surface area contributed by atoms with Crippen LogP contribution >= 0.6 is 11.6 Å². The van der Waals surface area contributed by atoms with Crippen molar-refractivity contribution in [2.75, 3.05) is 53.0 Å². The molecule has 1 aliphatic carbocycles. The zero-order chi connectivity index (χ0) is 24.1. The molecule has 0 radical (unpaired) electrons. The van der Waals surface area contributed by atoms with Gasteiger partial charge in [-0.3, -0.25) is 9.10 Å². The number of carbonyl (C=O) groups is 1. The molecule has 0 unspecified atom stereocenters. The van der Waals surface area contributed by atoms with Crippen LogP contribution < -0.4 is 0 Å². The van der Waals surface area contributed by atoms with Gasteiger partial charge in [-0.05, 0) is 81.2 Å². The highest BCUT2D eigenvalue weighted by molar-refractivity contribution is 7.89. The van der Waals surface area contributed by atoms with E-state index in [1.807, 2.05) is 7.05 Å². The number of ether oxygens (including phenoxy) is 1. The first-order valence-electron chi connectivity index (χ1n) is 12.4. The molecule has 0 atom stereocenters. The van der Waals surface area contributed by atoms with Crippen LogP contribution in [0.4, 0.5) is 0 Å². The molecule has 0 bridgehead atoms. The molecule has 188 valence electrons. The van der Waals surface area contributed by atoms with Crippen LogP contribution in [-0.4, -0.2) is 81.4 Å². The number of sulfonamides is 1. The van der Waals surface area contributed by atoms with Gasteiger partial charge in [0.2, 0.25) is 5.91 Å². The van der Waals surface area contributed by atoms with Crippen LogP contribution in [0.3, 0.4) is 0 Å². The van der Waals surface area contributed by atoms with E-state index in [-0.39, 0.29) is 35.6 Å². The lowest BCUT2D eigenvalue weighted by atomic mass is 9.81. The van der Waals surface area contributed by atoms with E-state index >= 15 is 0 Å². The SMILES string of the molecule is CN(CC1CCC(CN2CCCC2)CC1)C(=O)COCCN1C=Cc2cccc(Cl)c2S1(=O)=O. The number of likely N-dealkylation sites (tertiary alicyclic amines) is 1. The number of hydrogen-bond donors (Lipinski definition) is 0. The van der Waals surface area contributed by atoms with Gasteiger partial charge in [0.05, 0.1) is 18.2 Å². The van der Waals surface area contributed by atoms with Gasteiger partial charge in [0.15, 0.2) is 0 Å². The lowest BCUT2D eigenvalue weighted by molar-refractivity contribution is -0.135. The molecule has 1 aromatic rings. The molecule has 0 N–H and O–H groups in total. The Morgan fingerprint density at radius 2 is 1.85 bits per heavy atom. The number of hydrogen-bond acceptors (Lipinski definition) is 5. The van der Waals surface area contributed by atoms with Crippen LogP contribution in [0.25, 0.3) is 6.08 Å². The second-order valence-electron chi connectivity index (χ2n) is 9.81. The van der Waals surface area contributed by atoms with Crippen molar-refractivity contribution in [1.29, 1.82) is 0 Å². The minimum Gasteiger partial charge on any atom is -0.370 e. The number of carbonyl (C=O) groups excluding carboxylic acids is 1. The molecular formula is C25H36ClN3O4S. The summed E-state index contributed by atoms with van der Waals surface area (Å²) < 4.78 is 32.5. The van der Waals surface area contributed by atoms with Crippen molar-refractivity contribution >= 4 is 33.6 Å². The summed E-state index contributed by atoms with van der Waals surface area (Å²) in [5.74, 6) is 1.29. The monoisotopic (exact) mass is 509 g/mol. The predicted molar refractivity (Wildman–Crippen MR) is 134 cm³/mol. The van der Waals surface area contributed by atoms with Gasteiger partial charge in [-0.2, -0.15) is 0 Å². The molecule has 9 heteroatoms. The van der Waals surface area contributed by atoms with Crippen LogP contribution in [0.15, 0.2) is 29.3 Å². The molecule has 34 heavy (non-hydrogen) atoms. The molecule has 2 heterocycles. The predicted octanol–water partition coefficient (Wildman–Crippen LogP) is 3.69. The summed E-state index contributed by atoms with van der Waals surface area (Å²) in [7, 11) is -1.89. The van der Waals surface area contributed by atoms with Crippen LogP contribution in [0.5, 0.6) is 0 Å². The van der Waals surface area contributed by atoms with E-state index in [2.05, 4.69) is 4.90 Å². The van der Waals surface area contributed by atoms with Crippen LogP contribution in [0.1, 0.15) is 44.1 Å². The van der Waals surface area contributed by atoms with Crippen LogP contribution in [0.2, 0.25) is 5.02 Å². The molecule has 2 fully saturated rings. The third-order valence-corrected chi connectivity index (χ3v) is 9.63. The summed E-state index contributed by atoms with van der Waals surface area (Å²) in [4.78, 5) is 17.0. The number of rotatable bonds is 9. The highest BCUT2D eigenvalue weighted by atomic mass is 35.5. The maximum atomic E-state index is 12.9. The van der Waals surface area contributed by atoms with Crippen molar-refractivity contribution < 1.29 is 17.9 Å².